The number of nitrogens with one attached hydrogen (secondary N) is 1. The van der Waals surface area contributed by atoms with Crippen molar-refractivity contribution in [2.75, 3.05) is 6.61 Å². The average molecular weight is 289 g/mol. The van der Waals surface area contributed by atoms with E-state index in [-0.39, 0.29) is 30.7 Å². The van der Waals surface area contributed by atoms with Crippen LogP contribution in [0.5, 0.6) is 0 Å². The lowest BCUT2D eigenvalue weighted by Crippen LogP contribution is -2.11. The zero-order chi connectivity index (χ0) is 15.4. The Morgan fingerprint density at radius 3 is 2.57 bits per heavy atom. The quantitative estimate of drug-likeness (QED) is 0.628. The molecule has 1 aromatic carbocycles. The van der Waals surface area contributed by atoms with E-state index in [0.29, 0.717) is 10.9 Å². The molecule has 2 N–H and O–H groups in total. The summed E-state index contributed by atoms with van der Waals surface area (Å²) in [6.07, 6.45) is -0.147. The van der Waals surface area contributed by atoms with Crippen LogP contribution in [0.4, 0.5) is 0 Å². The van der Waals surface area contributed by atoms with Crippen LogP contribution in [-0.4, -0.2) is 34.4 Å². The third kappa shape index (κ3) is 3.10. The highest BCUT2D eigenvalue weighted by Crippen LogP contribution is 2.24. The fourth-order valence-corrected chi connectivity index (χ4v) is 2.17. The predicted octanol–water partition coefficient (Wildman–Crippen LogP) is 2.39. The van der Waals surface area contributed by atoms with Crippen LogP contribution in [-0.2, 0) is 9.53 Å². The van der Waals surface area contributed by atoms with Crippen LogP contribution in [0, 0.1) is 0 Å². The number of H-pyrrole nitrogens is 1. The maximum atomic E-state index is 12.3. The number of aromatic carboxylic acids is 1. The number of fused-ring (bicyclic) bond motifs is 1. The van der Waals surface area contributed by atoms with E-state index in [1.165, 1.54) is 0 Å². The lowest BCUT2D eigenvalue weighted by atomic mass is 10.0. The van der Waals surface area contributed by atoms with Gasteiger partial charge in [0, 0.05) is 17.3 Å². The third-order valence-electron chi connectivity index (χ3n) is 3.06. The van der Waals surface area contributed by atoms with E-state index in [4.69, 9.17) is 4.74 Å². The molecule has 2 rings (SSSR count). The molecule has 0 aliphatic carbocycles. The number of ether oxygens (including phenoxy) is 1. The topological polar surface area (TPSA) is 96.5 Å². The van der Waals surface area contributed by atoms with Gasteiger partial charge in [-0.3, -0.25) is 9.59 Å². The van der Waals surface area contributed by atoms with E-state index in [1.54, 1.807) is 31.2 Å². The number of ketones is 1. The first-order chi connectivity index (χ1) is 10.0. The van der Waals surface area contributed by atoms with Crippen molar-refractivity contribution in [2.24, 2.45) is 0 Å². The predicted molar refractivity (Wildman–Crippen MR) is 75.5 cm³/mol. The lowest BCUT2D eigenvalue weighted by Gasteiger charge is -2.02. The van der Waals surface area contributed by atoms with Crippen LogP contribution >= 0.6 is 0 Å². The SMILES string of the molecule is CCOC(=O)CCC(=O)c1c(C(=O)O)[nH]c2ccccc12. The first kappa shape index (κ1) is 14.8. The molecule has 6 heteroatoms. The molecule has 0 saturated heterocycles. The van der Waals surface area contributed by atoms with Gasteiger partial charge in [-0.1, -0.05) is 18.2 Å². The van der Waals surface area contributed by atoms with Gasteiger partial charge in [0.05, 0.1) is 18.6 Å². The molecule has 0 bridgehead atoms. The van der Waals surface area contributed by atoms with Crippen molar-refractivity contribution in [2.45, 2.75) is 19.8 Å². The van der Waals surface area contributed by atoms with Gasteiger partial charge < -0.3 is 14.8 Å². The summed E-state index contributed by atoms with van der Waals surface area (Å²) in [5.41, 5.74) is 0.543. The Kier molecular flexibility index (Phi) is 4.37. The Balaban J connectivity index is 2.31. The number of aromatic nitrogens is 1. The molecule has 0 atom stereocenters. The van der Waals surface area contributed by atoms with Crippen LogP contribution < -0.4 is 0 Å². The van der Waals surface area contributed by atoms with Gasteiger partial charge in [-0.2, -0.15) is 0 Å². The van der Waals surface area contributed by atoms with Crippen molar-refractivity contribution in [3.05, 3.63) is 35.5 Å². The molecule has 0 unspecified atom stereocenters. The summed E-state index contributed by atoms with van der Waals surface area (Å²) in [6, 6.07) is 6.85. The van der Waals surface area contributed by atoms with E-state index in [1.807, 2.05) is 0 Å². The second-order valence-electron chi connectivity index (χ2n) is 4.45. The number of Topliss-reactive ketones (excluding diaryl/α,β-unsaturated/α-hetero) is 1. The first-order valence-corrected chi connectivity index (χ1v) is 6.57. The number of aromatic amines is 1. The molecular formula is C15H15NO5. The molecule has 0 radical (unpaired) electrons. The van der Waals surface area contributed by atoms with Crippen LogP contribution in [0.15, 0.2) is 24.3 Å². The molecule has 21 heavy (non-hydrogen) atoms. The van der Waals surface area contributed by atoms with Crippen molar-refractivity contribution in [3.8, 4) is 0 Å². The van der Waals surface area contributed by atoms with Crippen molar-refractivity contribution in [1.82, 2.24) is 4.98 Å². The number of carboxylic acid groups (broad SMARTS) is 1. The molecular weight excluding hydrogens is 274 g/mol. The van der Waals surface area contributed by atoms with Crippen LogP contribution in [0.1, 0.15) is 40.6 Å². The van der Waals surface area contributed by atoms with Gasteiger partial charge in [-0.05, 0) is 13.0 Å². The monoisotopic (exact) mass is 289 g/mol. The van der Waals surface area contributed by atoms with Crippen LogP contribution in [0.3, 0.4) is 0 Å². The van der Waals surface area contributed by atoms with Gasteiger partial charge in [0.25, 0.3) is 0 Å². The van der Waals surface area contributed by atoms with E-state index in [2.05, 4.69) is 4.98 Å². The first-order valence-electron chi connectivity index (χ1n) is 6.57. The summed E-state index contributed by atoms with van der Waals surface area (Å²) in [4.78, 5) is 37.5. The molecule has 0 saturated carbocycles. The number of hydrogen-bond acceptors (Lipinski definition) is 4. The van der Waals surface area contributed by atoms with E-state index in [0.717, 1.165) is 0 Å². The molecule has 0 aliphatic heterocycles. The minimum Gasteiger partial charge on any atom is -0.477 e. The number of esters is 1. The van der Waals surface area contributed by atoms with Gasteiger partial charge >= 0.3 is 11.9 Å². The normalized spacial score (nSPS) is 10.5. The minimum absolute atomic E-state index is 0.0642. The number of carbonyl (C=O) groups excluding carboxylic acids is 2. The fourth-order valence-electron chi connectivity index (χ4n) is 2.17. The summed E-state index contributed by atoms with van der Waals surface area (Å²) < 4.78 is 4.76. The smallest absolute Gasteiger partial charge is 0.353 e. The molecule has 2 aromatic rings. The molecule has 110 valence electrons. The number of rotatable bonds is 6. The number of benzene rings is 1. The van der Waals surface area contributed by atoms with Gasteiger partial charge in [-0.25, -0.2) is 4.79 Å². The second-order valence-corrected chi connectivity index (χ2v) is 4.45. The third-order valence-corrected chi connectivity index (χ3v) is 3.06. The number of carbonyl (C=O) groups is 3. The average Bonchev–Trinajstić information content (AvgIpc) is 2.85. The van der Waals surface area contributed by atoms with E-state index < -0.39 is 17.7 Å². The van der Waals surface area contributed by atoms with Crippen molar-refractivity contribution in [1.29, 1.82) is 0 Å². The minimum atomic E-state index is -1.20. The molecule has 1 aromatic heterocycles. The molecule has 6 nitrogen and oxygen atoms in total. The van der Waals surface area contributed by atoms with Gasteiger partial charge in [0.15, 0.2) is 5.78 Å². The molecule has 0 aliphatic rings. The van der Waals surface area contributed by atoms with Crippen molar-refractivity contribution >= 4 is 28.6 Å². The molecule has 1 heterocycles. The zero-order valence-corrected chi connectivity index (χ0v) is 11.5. The number of para-hydroxylation sites is 1. The van der Waals surface area contributed by atoms with Crippen molar-refractivity contribution < 1.29 is 24.2 Å². The summed E-state index contributed by atoms with van der Waals surface area (Å²) in [7, 11) is 0. The Morgan fingerprint density at radius 2 is 1.90 bits per heavy atom. The zero-order valence-electron chi connectivity index (χ0n) is 11.5. The van der Waals surface area contributed by atoms with Gasteiger partial charge in [0.2, 0.25) is 0 Å². The Hall–Kier alpha value is -2.63. The Bertz CT molecular complexity index is 701. The second kappa shape index (κ2) is 6.21. The highest BCUT2D eigenvalue weighted by atomic mass is 16.5. The fraction of sp³-hybridized carbons (Fsp3) is 0.267. The number of carboxylic acids is 1. The van der Waals surface area contributed by atoms with E-state index in [9.17, 15) is 19.5 Å². The van der Waals surface area contributed by atoms with Crippen molar-refractivity contribution in [3.63, 3.8) is 0 Å². The highest BCUT2D eigenvalue weighted by molar-refractivity contribution is 6.15. The van der Waals surface area contributed by atoms with Crippen LogP contribution in [0.25, 0.3) is 10.9 Å². The maximum Gasteiger partial charge on any atom is 0.353 e. The van der Waals surface area contributed by atoms with Crippen LogP contribution in [0.2, 0.25) is 0 Å². The Labute approximate surface area is 120 Å². The summed E-state index contributed by atoms with van der Waals surface area (Å²) in [6.45, 7) is 1.93. The number of hydrogen-bond donors (Lipinski definition) is 2. The van der Waals surface area contributed by atoms with Gasteiger partial charge in [-0.15, -0.1) is 0 Å². The summed E-state index contributed by atoms with van der Waals surface area (Å²) in [5, 5.41) is 9.75. The van der Waals surface area contributed by atoms with Gasteiger partial charge in [0.1, 0.15) is 5.69 Å². The molecule has 0 spiro atoms. The summed E-state index contributed by atoms with van der Waals surface area (Å²) in [5.74, 6) is -2.06. The lowest BCUT2D eigenvalue weighted by molar-refractivity contribution is -0.143. The molecule has 0 amide bonds. The highest BCUT2D eigenvalue weighted by Gasteiger charge is 2.23. The summed E-state index contributed by atoms with van der Waals surface area (Å²) >= 11 is 0. The largest absolute Gasteiger partial charge is 0.477 e. The molecule has 0 fully saturated rings. The maximum absolute atomic E-state index is 12.3. The van der Waals surface area contributed by atoms with E-state index >= 15 is 0 Å². The Morgan fingerprint density at radius 1 is 1.19 bits per heavy atom. The standard InChI is InChI=1S/C15H15NO5/c1-2-21-12(18)8-7-11(17)13-9-5-3-4-6-10(9)16-14(13)15(19)20/h3-6,16H,2,7-8H2,1H3,(H,19,20).